The van der Waals surface area contributed by atoms with Gasteiger partial charge in [-0.3, -0.25) is 4.79 Å². The van der Waals surface area contributed by atoms with Gasteiger partial charge in [-0.05, 0) is 0 Å². The summed E-state index contributed by atoms with van der Waals surface area (Å²) in [4.78, 5) is 28.3. The molecule has 0 bridgehead atoms. The van der Waals surface area contributed by atoms with Gasteiger partial charge < -0.3 is 21.3 Å². The fourth-order valence-electron chi connectivity index (χ4n) is 1.10. The van der Waals surface area contributed by atoms with Gasteiger partial charge in [-0.2, -0.15) is 0 Å². The number of urea groups is 1. The number of carbonyl (C=O) groups excluding carboxylic acids is 2. The Morgan fingerprint density at radius 3 is 2.61 bits per heavy atom. The van der Waals surface area contributed by atoms with Gasteiger partial charge in [0.2, 0.25) is 0 Å². The van der Waals surface area contributed by atoms with E-state index in [0.29, 0.717) is 25.3 Å². The molecule has 1 heterocycles. The van der Waals surface area contributed by atoms with E-state index >= 15 is 0 Å². The third-order valence-corrected chi connectivity index (χ3v) is 2.92. The van der Waals surface area contributed by atoms with E-state index in [9.17, 15) is 9.59 Å². The number of aromatic nitrogens is 1. The van der Waals surface area contributed by atoms with E-state index < -0.39 is 0 Å². The van der Waals surface area contributed by atoms with Gasteiger partial charge in [0.05, 0.1) is 0 Å². The van der Waals surface area contributed by atoms with E-state index in [4.69, 9.17) is 5.73 Å². The minimum Gasteiger partial charge on any atom is -0.349 e. The van der Waals surface area contributed by atoms with Crippen molar-refractivity contribution >= 4 is 23.3 Å². The average Bonchev–Trinajstić information content (AvgIpc) is 2.82. The van der Waals surface area contributed by atoms with Gasteiger partial charge in [0, 0.05) is 39.1 Å². The number of amides is 3. The van der Waals surface area contributed by atoms with Gasteiger partial charge in [-0.15, -0.1) is 11.3 Å². The van der Waals surface area contributed by atoms with Crippen LogP contribution >= 0.6 is 11.3 Å². The zero-order chi connectivity index (χ0) is 13.5. The Bertz CT molecular complexity index is 418. The lowest BCUT2D eigenvalue weighted by Crippen LogP contribution is -2.39. The van der Waals surface area contributed by atoms with E-state index in [2.05, 4.69) is 15.6 Å². The lowest BCUT2D eigenvalue weighted by molar-refractivity contribution is 0.0949. The summed E-state index contributed by atoms with van der Waals surface area (Å²) in [6.45, 7) is 1.06. The van der Waals surface area contributed by atoms with Gasteiger partial charge in [0.25, 0.3) is 5.91 Å². The fourth-order valence-corrected chi connectivity index (χ4v) is 1.76. The Balaban J connectivity index is 2.27. The van der Waals surface area contributed by atoms with Crippen LogP contribution in [0.5, 0.6) is 0 Å². The number of rotatable bonds is 5. The maximum atomic E-state index is 11.6. The molecule has 8 heteroatoms. The summed E-state index contributed by atoms with van der Waals surface area (Å²) in [6, 6.07) is -0.191. The first-order chi connectivity index (χ1) is 8.54. The minimum atomic E-state index is -0.259. The molecule has 1 rings (SSSR count). The molecule has 4 N–H and O–H groups in total. The zero-order valence-corrected chi connectivity index (χ0v) is 11.2. The quantitative estimate of drug-likeness (QED) is 0.634. The van der Waals surface area contributed by atoms with Crippen molar-refractivity contribution in [3.63, 3.8) is 0 Å². The van der Waals surface area contributed by atoms with E-state index in [1.165, 1.54) is 16.2 Å². The molecule has 3 amide bonds. The lowest BCUT2D eigenvalue weighted by Gasteiger charge is -2.11. The monoisotopic (exact) mass is 271 g/mol. The molecular formula is C10H17N5O2S. The molecule has 0 aliphatic rings. The van der Waals surface area contributed by atoms with Crippen LogP contribution in [0.3, 0.4) is 0 Å². The summed E-state index contributed by atoms with van der Waals surface area (Å²) in [5.41, 5.74) is 5.77. The largest absolute Gasteiger partial charge is 0.349 e. The van der Waals surface area contributed by atoms with Crippen molar-refractivity contribution in [2.75, 3.05) is 27.2 Å². The first kappa shape index (κ1) is 14.4. The first-order valence-corrected chi connectivity index (χ1v) is 6.30. The topological polar surface area (TPSA) is 100 Å². The van der Waals surface area contributed by atoms with Crippen LogP contribution in [-0.2, 0) is 6.54 Å². The Kier molecular flexibility index (Phi) is 5.53. The van der Waals surface area contributed by atoms with Crippen LogP contribution in [0.15, 0.2) is 5.38 Å². The number of hydrogen-bond acceptors (Lipinski definition) is 5. The number of hydrogen-bond donors (Lipinski definition) is 3. The van der Waals surface area contributed by atoms with Crippen molar-refractivity contribution in [1.29, 1.82) is 0 Å². The second-order valence-corrected chi connectivity index (χ2v) is 4.66. The maximum absolute atomic E-state index is 11.6. The van der Waals surface area contributed by atoms with Crippen LogP contribution in [0, 0.1) is 0 Å². The molecule has 0 saturated heterocycles. The van der Waals surface area contributed by atoms with Crippen LogP contribution in [0.25, 0.3) is 0 Å². The van der Waals surface area contributed by atoms with Crippen LogP contribution in [0.2, 0.25) is 0 Å². The van der Waals surface area contributed by atoms with Crippen LogP contribution in [-0.4, -0.2) is 49.0 Å². The SMILES string of the molecule is CN(C)C(=O)NCCNC(=O)c1csc(CN)n1. The van der Waals surface area contributed by atoms with Crippen molar-refractivity contribution in [1.82, 2.24) is 20.5 Å². The number of nitrogens with two attached hydrogens (primary N) is 1. The number of carbonyl (C=O) groups is 2. The predicted octanol–water partition coefficient (Wildman–Crippen LogP) is -0.397. The molecule has 0 aliphatic heterocycles. The van der Waals surface area contributed by atoms with E-state index in [0.717, 1.165) is 5.01 Å². The summed E-state index contributed by atoms with van der Waals surface area (Å²) in [7, 11) is 3.30. The second-order valence-electron chi connectivity index (χ2n) is 3.71. The van der Waals surface area contributed by atoms with Gasteiger partial charge in [-0.1, -0.05) is 0 Å². The highest BCUT2D eigenvalue weighted by molar-refractivity contribution is 7.09. The molecule has 0 aliphatic carbocycles. The van der Waals surface area contributed by atoms with Crippen LogP contribution < -0.4 is 16.4 Å². The van der Waals surface area contributed by atoms with Crippen molar-refractivity contribution in [2.45, 2.75) is 6.54 Å². The predicted molar refractivity (Wildman–Crippen MR) is 69.4 cm³/mol. The molecular weight excluding hydrogens is 254 g/mol. The molecule has 100 valence electrons. The summed E-state index contributed by atoms with van der Waals surface area (Å²) in [5.74, 6) is -0.259. The standard InChI is InChI=1S/C10H17N5O2S/c1-15(2)10(17)13-4-3-12-9(16)7-6-18-8(5-11)14-7/h6H,3-5,11H2,1-2H3,(H,12,16)(H,13,17). The zero-order valence-electron chi connectivity index (χ0n) is 10.4. The highest BCUT2D eigenvalue weighted by Crippen LogP contribution is 2.08. The van der Waals surface area contributed by atoms with E-state index in [1.807, 2.05) is 0 Å². The molecule has 0 aromatic carbocycles. The Morgan fingerprint density at radius 1 is 1.39 bits per heavy atom. The fraction of sp³-hybridized carbons (Fsp3) is 0.500. The third kappa shape index (κ3) is 4.30. The van der Waals surface area contributed by atoms with Crippen molar-refractivity contribution < 1.29 is 9.59 Å². The molecule has 1 aromatic heterocycles. The van der Waals surface area contributed by atoms with E-state index in [-0.39, 0.29) is 11.9 Å². The number of nitrogens with zero attached hydrogens (tertiary/aromatic N) is 2. The summed E-state index contributed by atoms with van der Waals surface area (Å²) in [5, 5.41) is 7.69. The molecule has 7 nitrogen and oxygen atoms in total. The van der Waals surface area contributed by atoms with Gasteiger partial charge in [-0.25, -0.2) is 9.78 Å². The number of nitrogens with one attached hydrogen (secondary N) is 2. The summed E-state index contributed by atoms with van der Waals surface area (Å²) >= 11 is 1.35. The molecule has 0 spiro atoms. The lowest BCUT2D eigenvalue weighted by atomic mass is 10.4. The second kappa shape index (κ2) is 6.92. The maximum Gasteiger partial charge on any atom is 0.316 e. The molecule has 1 aromatic rings. The van der Waals surface area contributed by atoms with Gasteiger partial charge in [0.1, 0.15) is 10.7 Å². The average molecular weight is 271 g/mol. The molecule has 0 atom stereocenters. The highest BCUT2D eigenvalue weighted by atomic mass is 32.1. The molecule has 18 heavy (non-hydrogen) atoms. The van der Waals surface area contributed by atoms with Gasteiger partial charge in [0.15, 0.2) is 0 Å². The smallest absolute Gasteiger partial charge is 0.316 e. The highest BCUT2D eigenvalue weighted by Gasteiger charge is 2.09. The van der Waals surface area contributed by atoms with Crippen molar-refractivity contribution in [2.24, 2.45) is 5.73 Å². The van der Waals surface area contributed by atoms with Crippen LogP contribution in [0.4, 0.5) is 4.79 Å². The molecule has 0 unspecified atom stereocenters. The summed E-state index contributed by atoms with van der Waals surface area (Å²) in [6.07, 6.45) is 0. The Labute approximate surface area is 109 Å². The Hall–Kier alpha value is -1.67. The first-order valence-electron chi connectivity index (χ1n) is 5.42. The van der Waals surface area contributed by atoms with Crippen LogP contribution in [0.1, 0.15) is 15.5 Å². The molecule has 0 radical (unpaired) electrons. The summed E-state index contributed by atoms with van der Waals surface area (Å²) < 4.78 is 0. The normalized spacial score (nSPS) is 9.94. The van der Waals surface area contributed by atoms with Crippen molar-refractivity contribution in [3.8, 4) is 0 Å². The minimum absolute atomic E-state index is 0.191. The number of thiazole rings is 1. The van der Waals surface area contributed by atoms with E-state index in [1.54, 1.807) is 19.5 Å². The molecule has 0 saturated carbocycles. The van der Waals surface area contributed by atoms with Crippen molar-refractivity contribution in [3.05, 3.63) is 16.1 Å². The Morgan fingerprint density at radius 2 is 2.06 bits per heavy atom. The van der Waals surface area contributed by atoms with Gasteiger partial charge >= 0.3 is 6.03 Å². The molecule has 0 fully saturated rings. The third-order valence-electron chi connectivity index (χ3n) is 2.05.